The van der Waals surface area contributed by atoms with Gasteiger partial charge in [-0.2, -0.15) is 0 Å². The van der Waals surface area contributed by atoms with Crippen LogP contribution in [0.15, 0.2) is 0 Å². The minimum Gasteiger partial charge on any atom is -0.317 e. The molecule has 0 unspecified atom stereocenters. The number of rotatable bonds is 0. The van der Waals surface area contributed by atoms with Crippen molar-refractivity contribution >= 4 is 7.85 Å². The van der Waals surface area contributed by atoms with Crippen LogP contribution in [0.1, 0.15) is 6.42 Å². The van der Waals surface area contributed by atoms with E-state index in [1.54, 1.807) is 0 Å². The number of nitrogens with one attached hydrogen (secondary N) is 1. The van der Waals surface area contributed by atoms with Crippen molar-refractivity contribution < 1.29 is 0 Å². The van der Waals surface area contributed by atoms with Crippen LogP contribution in [-0.2, 0) is 0 Å². The fraction of sp³-hybridized carbons (Fsp3) is 1.00. The maximum atomic E-state index is 3.27. The molecular weight excluding hydrogens is 72.9 g/mol. The largest absolute Gasteiger partial charge is 0.317 e. The van der Waals surface area contributed by atoms with Gasteiger partial charge in [-0.25, -0.2) is 0 Å². The first-order chi connectivity index (χ1) is 2.89. The van der Waals surface area contributed by atoms with E-state index >= 15 is 0 Å². The molecule has 0 aromatic rings. The van der Waals surface area contributed by atoms with Crippen molar-refractivity contribution in [2.75, 3.05) is 13.1 Å². The highest BCUT2D eigenvalue weighted by molar-refractivity contribution is 6.11. The zero-order valence-corrected chi connectivity index (χ0v) is 4.20. The van der Waals surface area contributed by atoms with Gasteiger partial charge in [0.05, 0.1) is 0 Å². The Morgan fingerprint density at radius 2 is 2.50 bits per heavy atom. The molecule has 0 amide bonds. The molecule has 0 spiro atoms. The summed E-state index contributed by atoms with van der Waals surface area (Å²) < 4.78 is 0. The highest BCUT2D eigenvalue weighted by Gasteiger charge is 2.06. The van der Waals surface area contributed by atoms with Crippen molar-refractivity contribution in [3.05, 3.63) is 0 Å². The normalized spacial score (nSPS) is 34.3. The summed E-state index contributed by atoms with van der Waals surface area (Å²) in [5.74, 6) is 0.935. The van der Waals surface area contributed by atoms with Gasteiger partial charge in [-0.1, -0.05) is 5.82 Å². The fourth-order valence-corrected chi connectivity index (χ4v) is 0.799. The molecule has 1 saturated heterocycles. The lowest BCUT2D eigenvalue weighted by Crippen LogP contribution is -2.05. The zero-order chi connectivity index (χ0) is 4.41. The van der Waals surface area contributed by atoms with E-state index in [0.29, 0.717) is 0 Å². The Bertz CT molecular complexity index is 40.8. The SMILES string of the molecule is B[C@@H]1CCNC1. The van der Waals surface area contributed by atoms with Gasteiger partial charge in [0.2, 0.25) is 0 Å². The van der Waals surface area contributed by atoms with Gasteiger partial charge in [0.15, 0.2) is 0 Å². The first-order valence-corrected chi connectivity index (χ1v) is 2.60. The summed E-state index contributed by atoms with van der Waals surface area (Å²) in [7, 11) is 2.28. The Labute approximate surface area is 39.5 Å². The van der Waals surface area contributed by atoms with Gasteiger partial charge < -0.3 is 5.32 Å². The van der Waals surface area contributed by atoms with E-state index in [0.717, 1.165) is 5.82 Å². The quantitative estimate of drug-likeness (QED) is 0.385. The first kappa shape index (κ1) is 4.19. The van der Waals surface area contributed by atoms with E-state index in [2.05, 4.69) is 13.2 Å². The second-order valence-electron chi connectivity index (χ2n) is 2.10. The van der Waals surface area contributed by atoms with Crippen LogP contribution >= 0.6 is 0 Å². The Morgan fingerprint density at radius 3 is 2.67 bits per heavy atom. The second-order valence-corrected chi connectivity index (χ2v) is 2.10. The lowest BCUT2D eigenvalue weighted by molar-refractivity contribution is 0.856. The minimum atomic E-state index is 0.935. The zero-order valence-electron chi connectivity index (χ0n) is 4.20. The van der Waals surface area contributed by atoms with Crippen molar-refractivity contribution in [2.24, 2.45) is 0 Å². The molecule has 2 heteroatoms. The van der Waals surface area contributed by atoms with Gasteiger partial charge in [-0.05, 0) is 19.5 Å². The van der Waals surface area contributed by atoms with E-state index < -0.39 is 0 Å². The molecule has 1 heterocycles. The third-order valence-corrected chi connectivity index (χ3v) is 1.31. The van der Waals surface area contributed by atoms with Crippen LogP contribution in [0.3, 0.4) is 0 Å². The van der Waals surface area contributed by atoms with Crippen LogP contribution in [0.4, 0.5) is 0 Å². The van der Waals surface area contributed by atoms with Crippen molar-refractivity contribution in [1.82, 2.24) is 5.32 Å². The van der Waals surface area contributed by atoms with Crippen LogP contribution in [0.2, 0.25) is 5.82 Å². The summed E-state index contributed by atoms with van der Waals surface area (Å²) in [4.78, 5) is 0. The Hall–Kier alpha value is 0.0249. The second kappa shape index (κ2) is 1.65. The smallest absolute Gasteiger partial charge is 0.107 e. The third kappa shape index (κ3) is 0.746. The molecule has 0 radical (unpaired) electrons. The lowest BCUT2D eigenvalue weighted by Gasteiger charge is -1.90. The molecule has 1 atom stereocenters. The van der Waals surface area contributed by atoms with Crippen LogP contribution in [0.25, 0.3) is 0 Å². The number of hydrogen-bond acceptors (Lipinski definition) is 1. The molecule has 0 aliphatic carbocycles. The predicted octanol–water partition coefficient (Wildman–Crippen LogP) is -0.599. The summed E-state index contributed by atoms with van der Waals surface area (Å²) in [6, 6.07) is 0. The molecule has 1 aliphatic heterocycles. The minimum absolute atomic E-state index is 0.935. The summed E-state index contributed by atoms with van der Waals surface area (Å²) in [6.07, 6.45) is 1.38. The lowest BCUT2D eigenvalue weighted by atomic mass is 9.87. The van der Waals surface area contributed by atoms with Crippen LogP contribution < -0.4 is 5.32 Å². The highest BCUT2D eigenvalue weighted by Crippen LogP contribution is 2.06. The molecule has 34 valence electrons. The van der Waals surface area contributed by atoms with E-state index in [-0.39, 0.29) is 0 Å². The van der Waals surface area contributed by atoms with E-state index in [1.807, 2.05) is 0 Å². The Morgan fingerprint density at radius 1 is 1.67 bits per heavy atom. The van der Waals surface area contributed by atoms with E-state index in [4.69, 9.17) is 0 Å². The van der Waals surface area contributed by atoms with Crippen LogP contribution in [-0.4, -0.2) is 20.9 Å². The summed E-state index contributed by atoms with van der Waals surface area (Å²) in [6.45, 7) is 2.47. The first-order valence-electron chi connectivity index (χ1n) is 2.60. The molecule has 0 aromatic heterocycles. The predicted molar refractivity (Wildman–Crippen MR) is 29.8 cm³/mol. The Kier molecular flexibility index (Phi) is 1.15. The number of hydrogen-bond donors (Lipinski definition) is 1. The molecule has 6 heavy (non-hydrogen) atoms. The van der Waals surface area contributed by atoms with Crippen molar-refractivity contribution in [2.45, 2.75) is 12.2 Å². The highest BCUT2D eigenvalue weighted by atomic mass is 14.9. The molecule has 1 aliphatic rings. The van der Waals surface area contributed by atoms with Crippen molar-refractivity contribution in [1.29, 1.82) is 0 Å². The molecular formula is C4H10BN. The summed E-state index contributed by atoms with van der Waals surface area (Å²) >= 11 is 0. The average molecular weight is 82.9 g/mol. The molecule has 1 fully saturated rings. The summed E-state index contributed by atoms with van der Waals surface area (Å²) in [5.41, 5.74) is 0. The maximum absolute atomic E-state index is 3.27. The monoisotopic (exact) mass is 83.1 g/mol. The topological polar surface area (TPSA) is 12.0 Å². The molecule has 1 N–H and O–H groups in total. The van der Waals surface area contributed by atoms with Crippen LogP contribution in [0.5, 0.6) is 0 Å². The third-order valence-electron chi connectivity index (χ3n) is 1.31. The van der Waals surface area contributed by atoms with Gasteiger partial charge in [0, 0.05) is 0 Å². The molecule has 0 saturated carbocycles. The van der Waals surface area contributed by atoms with E-state index in [1.165, 1.54) is 19.5 Å². The Balaban J connectivity index is 2.18. The molecule has 0 aromatic carbocycles. The molecule has 0 bridgehead atoms. The molecule has 1 nitrogen and oxygen atoms in total. The van der Waals surface area contributed by atoms with Crippen LogP contribution in [0, 0.1) is 0 Å². The molecule has 1 rings (SSSR count). The fourth-order valence-electron chi connectivity index (χ4n) is 0.799. The van der Waals surface area contributed by atoms with Gasteiger partial charge in [0.1, 0.15) is 7.85 Å². The average Bonchev–Trinajstić information content (AvgIpc) is 1.86. The maximum Gasteiger partial charge on any atom is 0.107 e. The van der Waals surface area contributed by atoms with Gasteiger partial charge in [-0.15, -0.1) is 0 Å². The standard InChI is InChI=1S/C4H10BN/c5-4-1-2-6-3-4/h4,6H,1-3,5H2/t4-/m1/s1. The summed E-state index contributed by atoms with van der Waals surface area (Å²) in [5, 5.41) is 3.27. The van der Waals surface area contributed by atoms with Gasteiger partial charge in [0.25, 0.3) is 0 Å². The van der Waals surface area contributed by atoms with E-state index in [9.17, 15) is 0 Å². The van der Waals surface area contributed by atoms with Gasteiger partial charge in [-0.3, -0.25) is 0 Å². The van der Waals surface area contributed by atoms with Crippen molar-refractivity contribution in [3.8, 4) is 0 Å². The van der Waals surface area contributed by atoms with Crippen molar-refractivity contribution in [3.63, 3.8) is 0 Å². The van der Waals surface area contributed by atoms with Gasteiger partial charge >= 0.3 is 0 Å².